The average molecular weight is 376 g/mol. The molecule has 2 N–H and O–H groups in total. The molecule has 0 fully saturated rings. The van der Waals surface area contributed by atoms with Gasteiger partial charge in [-0.05, 0) is 36.1 Å². The van der Waals surface area contributed by atoms with E-state index in [1.807, 2.05) is 12.1 Å². The largest absolute Gasteiger partial charge is 0.497 e. The van der Waals surface area contributed by atoms with E-state index in [4.69, 9.17) is 9.47 Å². The monoisotopic (exact) mass is 376 g/mol. The first-order valence-electron chi connectivity index (χ1n) is 7.91. The van der Waals surface area contributed by atoms with Crippen molar-refractivity contribution in [3.05, 3.63) is 52.2 Å². The number of amides is 2. The van der Waals surface area contributed by atoms with Gasteiger partial charge in [0.25, 0.3) is 11.8 Å². The van der Waals surface area contributed by atoms with Gasteiger partial charge in [-0.1, -0.05) is 18.2 Å². The molecule has 0 saturated heterocycles. The van der Waals surface area contributed by atoms with Crippen molar-refractivity contribution in [2.45, 2.75) is 19.6 Å². The molecule has 8 heteroatoms. The molecule has 0 saturated carbocycles. The SMILES string of the molecule is COc1ccc(CNC(=O)[C@@H](C)OC(=O)CNC(=O)c2cccs2)cc1. The summed E-state index contributed by atoms with van der Waals surface area (Å²) in [5.41, 5.74) is 0.890. The van der Waals surface area contributed by atoms with Crippen molar-refractivity contribution in [2.75, 3.05) is 13.7 Å². The number of thiophene rings is 1. The lowest BCUT2D eigenvalue weighted by Gasteiger charge is -2.14. The van der Waals surface area contributed by atoms with Gasteiger partial charge in [0.05, 0.1) is 12.0 Å². The molecular formula is C18H20N2O5S. The molecule has 1 heterocycles. The zero-order valence-electron chi connectivity index (χ0n) is 14.5. The number of hydrogen-bond donors (Lipinski definition) is 2. The summed E-state index contributed by atoms with van der Waals surface area (Å²) in [7, 11) is 1.58. The van der Waals surface area contributed by atoms with Crippen LogP contribution in [0.25, 0.3) is 0 Å². The lowest BCUT2D eigenvalue weighted by Crippen LogP contribution is -2.38. The highest BCUT2D eigenvalue weighted by atomic mass is 32.1. The Bertz CT molecular complexity index is 743. The molecule has 26 heavy (non-hydrogen) atoms. The smallest absolute Gasteiger partial charge is 0.326 e. The third-order valence-electron chi connectivity index (χ3n) is 3.44. The molecule has 7 nitrogen and oxygen atoms in total. The Morgan fingerprint density at radius 2 is 1.85 bits per heavy atom. The Morgan fingerprint density at radius 1 is 1.12 bits per heavy atom. The minimum absolute atomic E-state index is 0.299. The second kappa shape index (κ2) is 9.57. The van der Waals surface area contributed by atoms with Crippen molar-refractivity contribution in [3.63, 3.8) is 0 Å². The molecule has 0 aliphatic heterocycles. The summed E-state index contributed by atoms with van der Waals surface area (Å²) < 4.78 is 10.1. The van der Waals surface area contributed by atoms with Crippen molar-refractivity contribution in [3.8, 4) is 5.75 Å². The van der Waals surface area contributed by atoms with E-state index in [0.29, 0.717) is 11.4 Å². The van der Waals surface area contributed by atoms with Crippen LogP contribution in [0.3, 0.4) is 0 Å². The van der Waals surface area contributed by atoms with Crippen LogP contribution in [0.5, 0.6) is 5.75 Å². The molecule has 0 aliphatic rings. The maximum Gasteiger partial charge on any atom is 0.326 e. The van der Waals surface area contributed by atoms with Gasteiger partial charge in [0.2, 0.25) is 0 Å². The van der Waals surface area contributed by atoms with Crippen molar-refractivity contribution in [1.82, 2.24) is 10.6 Å². The normalized spacial score (nSPS) is 11.3. The second-order valence-corrected chi connectivity index (χ2v) is 6.31. The topological polar surface area (TPSA) is 93.7 Å². The number of methoxy groups -OCH3 is 1. The van der Waals surface area contributed by atoms with E-state index >= 15 is 0 Å². The molecule has 2 amide bonds. The third-order valence-corrected chi connectivity index (χ3v) is 4.31. The number of benzene rings is 1. The third kappa shape index (κ3) is 5.89. The number of nitrogens with one attached hydrogen (secondary N) is 2. The van der Waals surface area contributed by atoms with E-state index < -0.39 is 18.0 Å². The Kier molecular flexibility index (Phi) is 7.16. The maximum atomic E-state index is 12.0. The number of hydrogen-bond acceptors (Lipinski definition) is 6. The van der Waals surface area contributed by atoms with Crippen molar-refractivity contribution >= 4 is 29.1 Å². The van der Waals surface area contributed by atoms with Gasteiger partial charge >= 0.3 is 5.97 Å². The fourth-order valence-corrected chi connectivity index (χ4v) is 2.66. The van der Waals surface area contributed by atoms with Crippen LogP contribution in [0.4, 0.5) is 0 Å². The highest BCUT2D eigenvalue weighted by molar-refractivity contribution is 7.12. The number of carbonyl (C=O) groups is 3. The molecule has 1 atom stereocenters. The number of esters is 1. The van der Waals surface area contributed by atoms with E-state index in [2.05, 4.69) is 10.6 Å². The Morgan fingerprint density at radius 3 is 2.46 bits per heavy atom. The van der Waals surface area contributed by atoms with Gasteiger partial charge in [-0.3, -0.25) is 14.4 Å². The van der Waals surface area contributed by atoms with E-state index in [9.17, 15) is 14.4 Å². The summed E-state index contributed by atoms with van der Waals surface area (Å²) in [6.45, 7) is 1.48. The van der Waals surface area contributed by atoms with Crippen molar-refractivity contribution in [1.29, 1.82) is 0 Å². The molecule has 2 aromatic rings. The standard InChI is InChI=1S/C18H20N2O5S/c1-12(17(22)19-10-13-5-7-14(24-2)8-6-13)25-16(21)11-20-18(23)15-4-3-9-26-15/h3-9,12H,10-11H2,1-2H3,(H,19,22)(H,20,23)/t12-/m1/s1. The van der Waals surface area contributed by atoms with Crippen LogP contribution < -0.4 is 15.4 Å². The predicted molar refractivity (Wildman–Crippen MR) is 97.0 cm³/mol. The van der Waals surface area contributed by atoms with Crippen LogP contribution >= 0.6 is 11.3 Å². The molecule has 0 unspecified atom stereocenters. The lowest BCUT2D eigenvalue weighted by atomic mass is 10.2. The molecule has 0 radical (unpaired) electrons. The van der Waals surface area contributed by atoms with E-state index in [0.717, 1.165) is 11.3 Å². The molecule has 1 aromatic heterocycles. The van der Waals surface area contributed by atoms with E-state index in [1.54, 1.807) is 36.8 Å². The zero-order valence-corrected chi connectivity index (χ0v) is 15.3. The minimum atomic E-state index is -0.959. The van der Waals surface area contributed by atoms with Gasteiger partial charge in [0.1, 0.15) is 12.3 Å². The fourth-order valence-electron chi connectivity index (χ4n) is 2.02. The molecule has 0 bridgehead atoms. The first-order valence-corrected chi connectivity index (χ1v) is 8.79. The fraction of sp³-hybridized carbons (Fsp3) is 0.278. The quantitative estimate of drug-likeness (QED) is 0.685. The molecular weight excluding hydrogens is 356 g/mol. The van der Waals surface area contributed by atoms with Crippen LogP contribution in [-0.2, 0) is 20.9 Å². The van der Waals surface area contributed by atoms with Crippen molar-refractivity contribution in [2.24, 2.45) is 0 Å². The summed E-state index contributed by atoms with van der Waals surface area (Å²) in [5.74, 6) is -0.721. The predicted octanol–water partition coefficient (Wildman–Crippen LogP) is 1.73. The van der Waals surface area contributed by atoms with Crippen LogP contribution in [0.1, 0.15) is 22.2 Å². The summed E-state index contributed by atoms with van der Waals surface area (Å²) >= 11 is 1.27. The second-order valence-electron chi connectivity index (χ2n) is 5.36. The number of rotatable bonds is 8. The van der Waals surface area contributed by atoms with E-state index in [-0.39, 0.29) is 12.5 Å². The molecule has 2 rings (SSSR count). The summed E-state index contributed by atoms with van der Waals surface area (Å²) in [4.78, 5) is 36.0. The van der Waals surface area contributed by atoms with Gasteiger partial charge in [-0.15, -0.1) is 11.3 Å². The van der Waals surface area contributed by atoms with Crippen molar-refractivity contribution < 1.29 is 23.9 Å². The zero-order chi connectivity index (χ0) is 18.9. The molecule has 138 valence electrons. The van der Waals surface area contributed by atoms with Gasteiger partial charge < -0.3 is 20.1 Å². The summed E-state index contributed by atoms with van der Waals surface area (Å²) in [6, 6.07) is 10.6. The van der Waals surface area contributed by atoms with Gasteiger partial charge in [0.15, 0.2) is 6.10 Å². The summed E-state index contributed by atoms with van der Waals surface area (Å²) in [6.07, 6.45) is -0.959. The van der Waals surface area contributed by atoms with E-state index in [1.165, 1.54) is 18.3 Å². The Hall–Kier alpha value is -2.87. The number of ether oxygens (including phenoxy) is 2. The molecule has 0 spiro atoms. The molecule has 1 aromatic carbocycles. The van der Waals surface area contributed by atoms with Crippen LogP contribution in [-0.4, -0.2) is 37.5 Å². The average Bonchev–Trinajstić information content (AvgIpc) is 3.19. The van der Waals surface area contributed by atoms with Gasteiger partial charge in [-0.2, -0.15) is 0 Å². The Labute approximate surface area is 155 Å². The highest BCUT2D eigenvalue weighted by Crippen LogP contribution is 2.11. The highest BCUT2D eigenvalue weighted by Gasteiger charge is 2.18. The Balaban J connectivity index is 1.71. The lowest BCUT2D eigenvalue weighted by molar-refractivity contribution is -0.153. The molecule has 0 aliphatic carbocycles. The summed E-state index contributed by atoms with van der Waals surface area (Å²) in [5, 5.41) is 6.90. The maximum absolute atomic E-state index is 12.0. The van der Waals surface area contributed by atoms with Crippen LogP contribution in [0.2, 0.25) is 0 Å². The van der Waals surface area contributed by atoms with Gasteiger partial charge in [0, 0.05) is 6.54 Å². The minimum Gasteiger partial charge on any atom is -0.497 e. The first-order chi connectivity index (χ1) is 12.5. The van der Waals surface area contributed by atoms with Crippen LogP contribution in [0.15, 0.2) is 41.8 Å². The number of carbonyl (C=O) groups excluding carboxylic acids is 3. The van der Waals surface area contributed by atoms with Crippen LogP contribution in [0, 0.1) is 0 Å². The first kappa shape index (κ1) is 19.5. The van der Waals surface area contributed by atoms with Gasteiger partial charge in [-0.25, -0.2) is 0 Å².